The molecule has 11 heteroatoms. The number of nitrogens with zero attached hydrogens (tertiary/aromatic N) is 7. The van der Waals surface area contributed by atoms with Crippen molar-refractivity contribution in [2.45, 2.75) is 64.8 Å². The van der Waals surface area contributed by atoms with Gasteiger partial charge in [-0.1, -0.05) is 0 Å². The summed E-state index contributed by atoms with van der Waals surface area (Å²) in [4.78, 5) is 14.9. The number of aryl methyl sites for hydroxylation is 2. The maximum atomic E-state index is 13.1. The Labute approximate surface area is 183 Å². The fraction of sp³-hybridized carbons (Fsp3) is 0.700. The lowest BCUT2D eigenvalue weighted by Crippen LogP contribution is -2.42. The molecule has 0 N–H and O–H groups in total. The smallest absolute Gasteiger partial charge is 0.258 e. The molecule has 4 rings (SSSR count). The van der Waals surface area contributed by atoms with Crippen LogP contribution in [0.1, 0.15) is 66.0 Å². The summed E-state index contributed by atoms with van der Waals surface area (Å²) in [6.07, 6.45) is 1.47. The summed E-state index contributed by atoms with van der Waals surface area (Å²) in [5.41, 5.74) is 2.26. The molecule has 2 aromatic heterocycles. The van der Waals surface area contributed by atoms with Gasteiger partial charge in [-0.2, -0.15) is 5.10 Å². The molecule has 0 unspecified atom stereocenters. The molecular formula is C20H31N7O3S. The predicted molar refractivity (Wildman–Crippen MR) is 115 cm³/mol. The Morgan fingerprint density at radius 3 is 2.32 bits per heavy atom. The van der Waals surface area contributed by atoms with Gasteiger partial charge in [0.2, 0.25) is 10.0 Å². The Balaban J connectivity index is 1.46. The maximum absolute atomic E-state index is 13.1. The summed E-state index contributed by atoms with van der Waals surface area (Å²) in [7, 11) is -1.38. The molecule has 2 aliphatic rings. The van der Waals surface area contributed by atoms with E-state index >= 15 is 0 Å². The SMILES string of the molecule is Cc1nn(C)c(C)c1C(=O)N1CCn2c(nnc2C2CCN(S(=O)(=O)C(C)C)CC2)C1. The molecule has 0 aliphatic carbocycles. The van der Waals surface area contributed by atoms with Gasteiger partial charge in [0, 0.05) is 44.8 Å². The van der Waals surface area contributed by atoms with Crippen LogP contribution in [0, 0.1) is 13.8 Å². The van der Waals surface area contributed by atoms with Crippen LogP contribution in [0.2, 0.25) is 0 Å². The van der Waals surface area contributed by atoms with E-state index in [0.29, 0.717) is 38.3 Å². The molecule has 0 atom stereocenters. The maximum Gasteiger partial charge on any atom is 0.258 e. The molecule has 31 heavy (non-hydrogen) atoms. The largest absolute Gasteiger partial charge is 0.329 e. The van der Waals surface area contributed by atoms with E-state index in [1.807, 2.05) is 25.8 Å². The van der Waals surface area contributed by atoms with E-state index in [1.54, 1.807) is 22.8 Å². The van der Waals surface area contributed by atoms with Gasteiger partial charge in [-0.15, -0.1) is 10.2 Å². The van der Waals surface area contributed by atoms with Crippen LogP contribution >= 0.6 is 0 Å². The monoisotopic (exact) mass is 449 g/mol. The molecule has 0 spiro atoms. The first-order chi connectivity index (χ1) is 14.6. The van der Waals surface area contributed by atoms with Gasteiger partial charge < -0.3 is 9.47 Å². The van der Waals surface area contributed by atoms with Gasteiger partial charge in [0.05, 0.1) is 23.1 Å². The molecule has 10 nitrogen and oxygen atoms in total. The second-order valence-corrected chi connectivity index (χ2v) is 11.3. The zero-order valence-electron chi connectivity index (χ0n) is 18.9. The lowest BCUT2D eigenvalue weighted by molar-refractivity contribution is 0.0704. The summed E-state index contributed by atoms with van der Waals surface area (Å²) in [6, 6.07) is 0. The molecule has 1 fully saturated rings. The van der Waals surface area contributed by atoms with E-state index in [0.717, 1.165) is 35.9 Å². The minimum absolute atomic E-state index is 0.0221. The molecule has 2 aliphatic heterocycles. The topological polar surface area (TPSA) is 106 Å². The highest BCUT2D eigenvalue weighted by Gasteiger charge is 2.34. The Kier molecular flexibility index (Phi) is 5.67. The number of carbonyl (C=O) groups excluding carboxylic acids is 1. The third-order valence-electron chi connectivity index (χ3n) is 6.57. The molecule has 0 radical (unpaired) electrons. The number of hydrogen-bond acceptors (Lipinski definition) is 6. The van der Waals surface area contributed by atoms with Crippen LogP contribution in [0.5, 0.6) is 0 Å². The van der Waals surface area contributed by atoms with E-state index in [4.69, 9.17) is 0 Å². The van der Waals surface area contributed by atoms with E-state index in [1.165, 1.54) is 0 Å². The standard InChI is InChI=1S/C20H31N7O3S/c1-13(2)31(29,30)26-8-6-16(7-9-26)19-22-21-17-12-25(10-11-27(17)19)20(28)18-14(3)23-24(5)15(18)4/h13,16H,6-12H2,1-5H3. The first kappa shape index (κ1) is 21.9. The highest BCUT2D eigenvalue weighted by atomic mass is 32.2. The van der Waals surface area contributed by atoms with Gasteiger partial charge in [-0.05, 0) is 40.5 Å². The van der Waals surface area contributed by atoms with Crippen LogP contribution in [0.15, 0.2) is 0 Å². The van der Waals surface area contributed by atoms with Gasteiger partial charge in [-0.3, -0.25) is 9.48 Å². The summed E-state index contributed by atoms with van der Waals surface area (Å²) in [6.45, 7) is 9.88. The minimum atomic E-state index is -3.22. The molecular weight excluding hydrogens is 418 g/mol. The summed E-state index contributed by atoms with van der Waals surface area (Å²) in [5, 5.41) is 12.8. The van der Waals surface area contributed by atoms with Gasteiger partial charge in [-0.25, -0.2) is 12.7 Å². The van der Waals surface area contributed by atoms with Crippen LogP contribution in [0.3, 0.4) is 0 Å². The third-order valence-corrected chi connectivity index (χ3v) is 8.84. The van der Waals surface area contributed by atoms with E-state index < -0.39 is 15.3 Å². The number of sulfonamides is 1. The van der Waals surface area contributed by atoms with Crippen LogP contribution in [0.4, 0.5) is 0 Å². The normalized spacial score (nSPS) is 18.6. The number of aromatic nitrogens is 5. The number of amides is 1. The summed E-state index contributed by atoms with van der Waals surface area (Å²) >= 11 is 0. The van der Waals surface area contributed by atoms with Crippen molar-refractivity contribution in [2.75, 3.05) is 19.6 Å². The fourth-order valence-corrected chi connectivity index (χ4v) is 5.88. The molecule has 2 aromatic rings. The summed E-state index contributed by atoms with van der Waals surface area (Å²) < 4.78 is 30.3. The zero-order valence-corrected chi connectivity index (χ0v) is 19.7. The molecule has 1 saturated heterocycles. The predicted octanol–water partition coefficient (Wildman–Crippen LogP) is 1.20. The van der Waals surface area contributed by atoms with Gasteiger partial charge in [0.15, 0.2) is 5.82 Å². The van der Waals surface area contributed by atoms with E-state index in [-0.39, 0.29) is 11.8 Å². The van der Waals surface area contributed by atoms with Crippen molar-refractivity contribution in [3.8, 4) is 0 Å². The number of fused-ring (bicyclic) bond motifs is 1. The molecule has 0 aromatic carbocycles. The van der Waals surface area contributed by atoms with Crippen molar-refractivity contribution in [2.24, 2.45) is 7.05 Å². The van der Waals surface area contributed by atoms with Crippen LogP contribution in [-0.4, -0.2) is 73.0 Å². The van der Waals surface area contributed by atoms with Crippen LogP contribution in [-0.2, 0) is 30.2 Å². The van der Waals surface area contributed by atoms with Crippen molar-refractivity contribution in [3.63, 3.8) is 0 Å². The fourth-order valence-electron chi connectivity index (χ4n) is 4.56. The van der Waals surface area contributed by atoms with Crippen LogP contribution in [0.25, 0.3) is 0 Å². The minimum Gasteiger partial charge on any atom is -0.329 e. The van der Waals surface area contributed by atoms with Crippen molar-refractivity contribution in [1.29, 1.82) is 0 Å². The first-order valence-electron chi connectivity index (χ1n) is 10.8. The Morgan fingerprint density at radius 1 is 1.06 bits per heavy atom. The van der Waals surface area contributed by atoms with Gasteiger partial charge in [0.1, 0.15) is 5.82 Å². The van der Waals surface area contributed by atoms with Crippen LogP contribution < -0.4 is 0 Å². The second-order valence-electron chi connectivity index (χ2n) is 8.79. The zero-order chi connectivity index (χ0) is 22.5. The van der Waals surface area contributed by atoms with Crippen molar-refractivity contribution in [1.82, 2.24) is 33.8 Å². The van der Waals surface area contributed by atoms with Crippen molar-refractivity contribution < 1.29 is 13.2 Å². The number of carbonyl (C=O) groups is 1. The Morgan fingerprint density at radius 2 is 1.74 bits per heavy atom. The number of piperidine rings is 1. The molecule has 0 saturated carbocycles. The third kappa shape index (κ3) is 3.78. The number of hydrogen-bond donors (Lipinski definition) is 0. The van der Waals surface area contributed by atoms with Crippen molar-refractivity contribution >= 4 is 15.9 Å². The molecule has 170 valence electrons. The Hall–Kier alpha value is -2.27. The number of rotatable bonds is 4. The molecule has 1 amide bonds. The lowest BCUT2D eigenvalue weighted by Gasteiger charge is -2.33. The highest BCUT2D eigenvalue weighted by molar-refractivity contribution is 7.89. The molecule has 4 heterocycles. The Bertz CT molecular complexity index is 1090. The van der Waals surface area contributed by atoms with E-state index in [9.17, 15) is 13.2 Å². The second kappa shape index (κ2) is 8.01. The van der Waals surface area contributed by atoms with Gasteiger partial charge in [0.25, 0.3) is 5.91 Å². The summed E-state index contributed by atoms with van der Waals surface area (Å²) in [5.74, 6) is 1.86. The average molecular weight is 450 g/mol. The lowest BCUT2D eigenvalue weighted by atomic mass is 9.97. The molecule has 0 bridgehead atoms. The van der Waals surface area contributed by atoms with Gasteiger partial charge >= 0.3 is 0 Å². The highest BCUT2D eigenvalue weighted by Crippen LogP contribution is 2.30. The van der Waals surface area contributed by atoms with E-state index in [2.05, 4.69) is 19.9 Å². The first-order valence-corrected chi connectivity index (χ1v) is 12.3. The van der Waals surface area contributed by atoms with Crippen molar-refractivity contribution in [3.05, 3.63) is 28.6 Å². The average Bonchev–Trinajstić information content (AvgIpc) is 3.27. The quantitative estimate of drug-likeness (QED) is 0.694.